The number of alkyl halides is 1. The summed E-state index contributed by atoms with van der Waals surface area (Å²) in [5, 5.41) is -0.537. The Bertz CT molecular complexity index is 722. The molecule has 0 aromatic heterocycles. The van der Waals surface area contributed by atoms with Crippen LogP contribution in [0.2, 0.25) is 0 Å². The first kappa shape index (κ1) is 15.7. The zero-order chi connectivity index (χ0) is 17.3. The van der Waals surface area contributed by atoms with Crippen LogP contribution in [0.1, 0.15) is 43.7 Å². The number of β-lactam (4-membered cyclic amide) rings is 1. The van der Waals surface area contributed by atoms with Crippen molar-refractivity contribution < 1.29 is 9.59 Å². The van der Waals surface area contributed by atoms with Crippen molar-refractivity contribution in [2.24, 2.45) is 28.9 Å². The van der Waals surface area contributed by atoms with Gasteiger partial charge in [0.2, 0.25) is 11.8 Å². The third kappa shape index (κ3) is 2.00. The number of amides is 2. The number of halogens is 1. The minimum absolute atomic E-state index is 0.0337. The summed E-state index contributed by atoms with van der Waals surface area (Å²) in [6.07, 6.45) is 5.16. The molecule has 1 saturated heterocycles. The molecule has 4 saturated carbocycles. The predicted octanol–water partition coefficient (Wildman–Crippen LogP) is 2.86. The molecule has 132 valence electrons. The number of nitrogens with zero attached hydrogens (tertiary/aromatic N) is 1. The Morgan fingerprint density at radius 2 is 1.76 bits per heavy atom. The highest BCUT2D eigenvalue weighted by atomic mass is 35.5. The molecule has 0 spiro atoms. The van der Waals surface area contributed by atoms with Gasteiger partial charge in [-0.3, -0.25) is 9.59 Å². The quantitative estimate of drug-likeness (QED) is 0.667. The summed E-state index contributed by atoms with van der Waals surface area (Å²) < 4.78 is 0. The third-order valence-electron chi connectivity index (χ3n) is 7.26. The van der Waals surface area contributed by atoms with Crippen LogP contribution in [0.4, 0.5) is 0 Å². The molecule has 4 nitrogen and oxygen atoms in total. The molecular formula is C20H23ClN2O2. The lowest BCUT2D eigenvalue weighted by Crippen LogP contribution is -2.72. The molecule has 2 N–H and O–H groups in total. The molecule has 1 heterocycles. The van der Waals surface area contributed by atoms with Gasteiger partial charge in [0.15, 0.2) is 0 Å². The van der Waals surface area contributed by atoms with Crippen molar-refractivity contribution in [2.75, 3.05) is 0 Å². The van der Waals surface area contributed by atoms with Gasteiger partial charge >= 0.3 is 0 Å². The average molecular weight is 359 g/mol. The minimum Gasteiger partial charge on any atom is -0.369 e. The van der Waals surface area contributed by atoms with Crippen molar-refractivity contribution in [3.05, 3.63) is 35.9 Å². The number of carbonyl (C=O) groups is 2. The normalized spacial score (nSPS) is 44.7. The highest BCUT2D eigenvalue weighted by Crippen LogP contribution is 2.63. The summed E-state index contributed by atoms with van der Waals surface area (Å²) in [5.41, 5.74) is 6.46. The average Bonchev–Trinajstić information content (AvgIpc) is 2.60. The molecule has 5 atom stereocenters. The fourth-order valence-electron chi connectivity index (χ4n) is 6.62. The Morgan fingerprint density at radius 1 is 1.12 bits per heavy atom. The van der Waals surface area contributed by atoms with E-state index >= 15 is 0 Å². The number of likely N-dealkylation sites (tertiary alicyclic amines) is 1. The Morgan fingerprint density at radius 3 is 2.36 bits per heavy atom. The third-order valence-corrected chi connectivity index (χ3v) is 7.68. The molecule has 5 fully saturated rings. The number of primary amides is 1. The highest BCUT2D eigenvalue weighted by molar-refractivity contribution is 6.33. The monoisotopic (exact) mass is 358 g/mol. The Hall–Kier alpha value is -1.55. The van der Waals surface area contributed by atoms with Crippen LogP contribution in [0, 0.1) is 23.2 Å². The summed E-state index contributed by atoms with van der Waals surface area (Å²) in [7, 11) is 0. The van der Waals surface area contributed by atoms with Crippen LogP contribution in [0.15, 0.2) is 30.3 Å². The summed E-state index contributed by atoms with van der Waals surface area (Å²) in [5.74, 6) is 1.33. The van der Waals surface area contributed by atoms with Crippen molar-refractivity contribution in [1.29, 1.82) is 0 Å². The van der Waals surface area contributed by atoms with Crippen LogP contribution < -0.4 is 5.73 Å². The Balaban J connectivity index is 1.57. The van der Waals surface area contributed by atoms with Crippen LogP contribution in [0.25, 0.3) is 0 Å². The molecule has 5 unspecified atom stereocenters. The number of carbonyl (C=O) groups excluding carboxylic acids is 2. The maximum Gasteiger partial charge on any atom is 0.243 e. The molecule has 1 aliphatic heterocycles. The largest absolute Gasteiger partial charge is 0.369 e. The summed E-state index contributed by atoms with van der Waals surface area (Å²) in [6.45, 7) is 0. The molecule has 5 heteroatoms. The molecule has 0 radical (unpaired) electrons. The lowest BCUT2D eigenvalue weighted by atomic mass is 9.46. The second-order valence-electron chi connectivity index (χ2n) is 8.58. The molecule has 4 bridgehead atoms. The summed E-state index contributed by atoms with van der Waals surface area (Å²) in [4.78, 5) is 27.3. The lowest BCUT2D eigenvalue weighted by Gasteiger charge is -2.65. The molecule has 1 aromatic rings. The van der Waals surface area contributed by atoms with E-state index in [1.807, 2.05) is 35.2 Å². The van der Waals surface area contributed by atoms with Crippen LogP contribution in [-0.2, 0) is 9.59 Å². The zero-order valence-electron chi connectivity index (χ0n) is 14.1. The van der Waals surface area contributed by atoms with Gasteiger partial charge in [-0.05, 0) is 55.4 Å². The van der Waals surface area contributed by atoms with E-state index in [4.69, 9.17) is 17.3 Å². The van der Waals surface area contributed by atoms with Gasteiger partial charge in [-0.25, -0.2) is 0 Å². The fourth-order valence-corrected chi connectivity index (χ4v) is 7.00. The van der Waals surface area contributed by atoms with E-state index in [2.05, 4.69) is 0 Å². The zero-order valence-corrected chi connectivity index (χ0v) is 14.9. The van der Waals surface area contributed by atoms with Crippen LogP contribution in [0.3, 0.4) is 0 Å². The molecule has 1 aromatic carbocycles. The van der Waals surface area contributed by atoms with Crippen molar-refractivity contribution in [2.45, 2.75) is 49.6 Å². The van der Waals surface area contributed by atoms with Crippen molar-refractivity contribution in [3.63, 3.8) is 0 Å². The van der Waals surface area contributed by atoms with Gasteiger partial charge in [-0.15, -0.1) is 11.6 Å². The Labute approximate surface area is 152 Å². The van der Waals surface area contributed by atoms with Gasteiger partial charge in [0, 0.05) is 6.04 Å². The standard InChI is InChI=1S/C20H23ClN2O2/c21-15-16(13-4-2-1-3-5-13)23(18(15)24)17-14-7-11-6-12(8-14)10-20(17,9-11)19(22)25/h1-5,11-12,14-17H,6-10H2,(H2,22,25). The fraction of sp³-hybridized carbons (Fsp3) is 0.600. The highest BCUT2D eigenvalue weighted by Gasteiger charge is 2.66. The van der Waals surface area contributed by atoms with Gasteiger partial charge < -0.3 is 10.6 Å². The summed E-state index contributed by atoms with van der Waals surface area (Å²) in [6, 6.07) is 9.73. The van der Waals surface area contributed by atoms with E-state index in [1.54, 1.807) is 0 Å². The predicted molar refractivity (Wildman–Crippen MR) is 94.6 cm³/mol. The molecular weight excluding hydrogens is 336 g/mol. The van der Waals surface area contributed by atoms with E-state index in [0.717, 1.165) is 31.2 Å². The summed E-state index contributed by atoms with van der Waals surface area (Å²) >= 11 is 6.43. The van der Waals surface area contributed by atoms with E-state index in [9.17, 15) is 9.59 Å². The minimum atomic E-state index is -0.547. The smallest absolute Gasteiger partial charge is 0.243 e. The maximum absolute atomic E-state index is 12.8. The van der Waals surface area contributed by atoms with E-state index in [0.29, 0.717) is 17.8 Å². The second kappa shape index (κ2) is 5.23. The Kier molecular flexibility index (Phi) is 3.28. The van der Waals surface area contributed by atoms with E-state index in [1.165, 1.54) is 6.42 Å². The van der Waals surface area contributed by atoms with Crippen LogP contribution >= 0.6 is 11.6 Å². The van der Waals surface area contributed by atoms with Crippen LogP contribution in [-0.4, -0.2) is 28.1 Å². The SMILES string of the molecule is NC(=O)C12CC3CC(CC(C3)C1N1C(=O)C(Cl)C1c1ccccc1)C2. The molecule has 25 heavy (non-hydrogen) atoms. The first-order chi connectivity index (χ1) is 12.0. The molecule has 6 rings (SSSR count). The lowest BCUT2D eigenvalue weighted by molar-refractivity contribution is -0.185. The van der Waals surface area contributed by atoms with Gasteiger partial charge in [0.1, 0.15) is 5.38 Å². The first-order valence-corrected chi connectivity index (χ1v) is 9.76. The second-order valence-corrected chi connectivity index (χ2v) is 9.05. The molecule has 4 aliphatic carbocycles. The van der Waals surface area contributed by atoms with Gasteiger partial charge in [0.25, 0.3) is 0 Å². The van der Waals surface area contributed by atoms with Crippen molar-refractivity contribution >= 4 is 23.4 Å². The molecule has 2 amide bonds. The van der Waals surface area contributed by atoms with Gasteiger partial charge in [-0.2, -0.15) is 0 Å². The topological polar surface area (TPSA) is 63.4 Å². The van der Waals surface area contributed by atoms with E-state index in [-0.39, 0.29) is 23.9 Å². The number of hydrogen-bond donors (Lipinski definition) is 1. The number of rotatable bonds is 3. The van der Waals surface area contributed by atoms with Gasteiger partial charge in [0.05, 0.1) is 11.5 Å². The van der Waals surface area contributed by atoms with Crippen molar-refractivity contribution in [1.82, 2.24) is 4.90 Å². The molecule has 5 aliphatic rings. The number of nitrogens with two attached hydrogens (primary N) is 1. The van der Waals surface area contributed by atoms with Gasteiger partial charge in [-0.1, -0.05) is 30.3 Å². The van der Waals surface area contributed by atoms with Crippen LogP contribution in [0.5, 0.6) is 0 Å². The van der Waals surface area contributed by atoms with Crippen molar-refractivity contribution in [3.8, 4) is 0 Å². The first-order valence-electron chi connectivity index (χ1n) is 9.32. The number of benzene rings is 1. The maximum atomic E-state index is 12.8. The number of hydrogen-bond acceptors (Lipinski definition) is 2. The van der Waals surface area contributed by atoms with E-state index < -0.39 is 10.8 Å².